The van der Waals surface area contributed by atoms with Crippen LogP contribution in [0.3, 0.4) is 0 Å². The molecule has 0 aromatic carbocycles. The molecule has 1 rings (SSSR count). The highest BCUT2D eigenvalue weighted by molar-refractivity contribution is 5.77. The number of methoxy groups -OCH3 is 1. The molecule has 7 nitrogen and oxygen atoms in total. The topological polar surface area (TPSA) is 124 Å². The number of rotatable bonds is 4. The number of hydrogen-bond acceptors (Lipinski definition) is 5. The summed E-state index contributed by atoms with van der Waals surface area (Å²) in [4.78, 5) is 11.7. The van der Waals surface area contributed by atoms with E-state index in [0.29, 0.717) is 5.92 Å². The normalized spacial score (nSPS) is 22.9. The number of ether oxygens (including phenoxy) is 1. The minimum atomic E-state index is -0.505. The van der Waals surface area contributed by atoms with E-state index < -0.39 is 6.03 Å². The Hall–Kier alpha value is -2.25. The van der Waals surface area contributed by atoms with Gasteiger partial charge in [0.1, 0.15) is 17.8 Å². The maximum Gasteiger partial charge on any atom is 0.320 e. The van der Waals surface area contributed by atoms with Crippen molar-refractivity contribution in [2.75, 3.05) is 13.7 Å². The van der Waals surface area contributed by atoms with Crippen molar-refractivity contribution in [2.45, 2.75) is 31.7 Å². The van der Waals surface area contributed by atoms with Crippen LogP contribution >= 0.6 is 0 Å². The number of nitrogens with zero attached hydrogens (tertiary/aromatic N) is 2. The first-order valence-electron chi connectivity index (χ1n) is 6.47. The zero-order chi connectivity index (χ0) is 15.0. The number of nitrogens with one attached hydrogen (secondary N) is 2. The predicted molar refractivity (Wildman–Crippen MR) is 71.7 cm³/mol. The van der Waals surface area contributed by atoms with E-state index in [1.54, 1.807) is 19.2 Å². The summed E-state index contributed by atoms with van der Waals surface area (Å²) in [5, 5.41) is 22.4. The van der Waals surface area contributed by atoms with Gasteiger partial charge in [-0.1, -0.05) is 0 Å². The second kappa shape index (κ2) is 8.03. The summed E-state index contributed by atoms with van der Waals surface area (Å²) in [7, 11) is 1.69. The largest absolute Gasteiger partial charge is 0.388 e. The maximum atomic E-state index is 11.7. The lowest BCUT2D eigenvalue weighted by Gasteiger charge is -2.28. The van der Waals surface area contributed by atoms with Gasteiger partial charge in [0.25, 0.3) is 0 Å². The van der Waals surface area contributed by atoms with Gasteiger partial charge in [-0.2, -0.15) is 10.5 Å². The number of amides is 2. The third kappa shape index (κ3) is 4.79. The van der Waals surface area contributed by atoms with Gasteiger partial charge in [0.2, 0.25) is 0 Å². The predicted octanol–water partition coefficient (Wildman–Crippen LogP) is 0.708. The third-order valence-electron chi connectivity index (χ3n) is 3.32. The average Bonchev–Trinajstić information content (AvgIpc) is 2.46. The van der Waals surface area contributed by atoms with Crippen molar-refractivity contribution in [3.63, 3.8) is 0 Å². The standard InChI is InChI=1S/C13H19N5O2/c1-20-8-9-2-4-10(5-3-9)17-13(19)18-12(7-15)11(16)6-14/h9-10H,2-5,8,16H2,1H3,(H2,17,18,19)/b12-11-/t9-,10-. The molecule has 1 fully saturated rings. The number of urea groups is 1. The molecule has 0 atom stereocenters. The van der Waals surface area contributed by atoms with Crippen molar-refractivity contribution >= 4 is 6.03 Å². The molecule has 0 aliphatic heterocycles. The van der Waals surface area contributed by atoms with Gasteiger partial charge in [-0.3, -0.25) is 5.32 Å². The van der Waals surface area contributed by atoms with Crippen LogP contribution in [0.1, 0.15) is 25.7 Å². The Morgan fingerprint density at radius 2 is 1.95 bits per heavy atom. The molecule has 0 bridgehead atoms. The molecular formula is C13H19N5O2. The van der Waals surface area contributed by atoms with E-state index in [2.05, 4.69) is 10.6 Å². The van der Waals surface area contributed by atoms with Crippen LogP contribution in [0.15, 0.2) is 11.4 Å². The lowest BCUT2D eigenvalue weighted by atomic mass is 9.86. The molecule has 1 saturated carbocycles. The fraction of sp³-hybridized carbons (Fsp3) is 0.615. The molecular weight excluding hydrogens is 258 g/mol. The van der Waals surface area contributed by atoms with Gasteiger partial charge in [-0.05, 0) is 31.6 Å². The molecule has 108 valence electrons. The molecule has 0 spiro atoms. The van der Waals surface area contributed by atoms with Crippen molar-refractivity contribution in [3.8, 4) is 12.1 Å². The number of carbonyl (C=O) groups excluding carboxylic acids is 1. The molecule has 20 heavy (non-hydrogen) atoms. The smallest absolute Gasteiger partial charge is 0.320 e. The minimum absolute atomic E-state index is 0.0753. The summed E-state index contributed by atoms with van der Waals surface area (Å²) >= 11 is 0. The molecule has 1 aliphatic rings. The fourth-order valence-corrected chi connectivity index (χ4v) is 2.26. The third-order valence-corrected chi connectivity index (χ3v) is 3.32. The van der Waals surface area contributed by atoms with Crippen molar-refractivity contribution in [1.29, 1.82) is 10.5 Å². The first kappa shape index (κ1) is 15.8. The number of allylic oxidation sites excluding steroid dienone is 2. The Kier molecular flexibility index (Phi) is 6.34. The van der Waals surface area contributed by atoms with Gasteiger partial charge >= 0.3 is 6.03 Å². The monoisotopic (exact) mass is 277 g/mol. The molecule has 0 aromatic heterocycles. The van der Waals surface area contributed by atoms with Crippen LogP contribution in [0.25, 0.3) is 0 Å². The quantitative estimate of drug-likeness (QED) is 0.653. The van der Waals surface area contributed by atoms with E-state index in [1.165, 1.54) is 0 Å². The zero-order valence-corrected chi connectivity index (χ0v) is 11.5. The van der Waals surface area contributed by atoms with Gasteiger partial charge in [0, 0.05) is 19.8 Å². The lowest BCUT2D eigenvalue weighted by Crippen LogP contribution is -2.43. The molecule has 0 radical (unpaired) electrons. The van der Waals surface area contributed by atoms with Crippen LogP contribution in [0.4, 0.5) is 4.79 Å². The van der Waals surface area contributed by atoms with Crippen LogP contribution in [0.2, 0.25) is 0 Å². The van der Waals surface area contributed by atoms with E-state index >= 15 is 0 Å². The molecule has 0 aromatic rings. The van der Waals surface area contributed by atoms with Crippen LogP contribution in [0.5, 0.6) is 0 Å². The number of nitrogens with two attached hydrogens (primary N) is 1. The Morgan fingerprint density at radius 1 is 1.30 bits per heavy atom. The first-order chi connectivity index (χ1) is 9.60. The summed E-state index contributed by atoms with van der Waals surface area (Å²) in [6.45, 7) is 0.749. The average molecular weight is 277 g/mol. The van der Waals surface area contributed by atoms with Crippen LogP contribution < -0.4 is 16.4 Å². The van der Waals surface area contributed by atoms with Crippen molar-refractivity contribution in [1.82, 2.24) is 10.6 Å². The Morgan fingerprint density at radius 3 is 2.45 bits per heavy atom. The highest BCUT2D eigenvalue weighted by Gasteiger charge is 2.22. The maximum absolute atomic E-state index is 11.7. The number of nitriles is 2. The van der Waals surface area contributed by atoms with Gasteiger partial charge < -0.3 is 15.8 Å². The van der Waals surface area contributed by atoms with E-state index in [9.17, 15) is 4.79 Å². The minimum Gasteiger partial charge on any atom is -0.388 e. The summed E-state index contributed by atoms with van der Waals surface area (Å²) in [6, 6.07) is 2.88. The van der Waals surface area contributed by atoms with Gasteiger partial charge in [0.15, 0.2) is 5.70 Å². The first-order valence-corrected chi connectivity index (χ1v) is 6.47. The second-order valence-electron chi connectivity index (χ2n) is 4.78. The number of hydrogen-bond donors (Lipinski definition) is 3. The van der Waals surface area contributed by atoms with Crippen molar-refractivity contribution in [2.24, 2.45) is 11.7 Å². The van der Waals surface area contributed by atoms with Crippen LogP contribution in [-0.4, -0.2) is 25.8 Å². The van der Waals surface area contributed by atoms with E-state index in [1.807, 2.05) is 0 Å². The summed E-state index contributed by atoms with van der Waals surface area (Å²) in [5.74, 6) is 0.546. The lowest BCUT2D eigenvalue weighted by molar-refractivity contribution is 0.124. The van der Waals surface area contributed by atoms with E-state index in [-0.39, 0.29) is 17.4 Å². The van der Waals surface area contributed by atoms with Crippen LogP contribution in [-0.2, 0) is 4.74 Å². The second-order valence-corrected chi connectivity index (χ2v) is 4.78. The van der Waals surface area contributed by atoms with E-state index in [4.69, 9.17) is 21.0 Å². The van der Waals surface area contributed by atoms with Gasteiger partial charge in [-0.15, -0.1) is 0 Å². The Labute approximate surface area is 118 Å². The summed E-state index contributed by atoms with van der Waals surface area (Å²) in [5.41, 5.74) is 4.78. The summed E-state index contributed by atoms with van der Waals surface area (Å²) < 4.78 is 5.12. The molecule has 0 unspecified atom stereocenters. The van der Waals surface area contributed by atoms with Gasteiger partial charge in [-0.25, -0.2) is 4.79 Å². The molecule has 4 N–H and O–H groups in total. The Bertz CT molecular complexity index is 452. The van der Waals surface area contributed by atoms with Crippen molar-refractivity contribution < 1.29 is 9.53 Å². The molecule has 7 heteroatoms. The van der Waals surface area contributed by atoms with Crippen molar-refractivity contribution in [3.05, 3.63) is 11.4 Å². The molecule has 0 saturated heterocycles. The zero-order valence-electron chi connectivity index (χ0n) is 11.5. The van der Waals surface area contributed by atoms with Gasteiger partial charge in [0.05, 0.1) is 0 Å². The Balaban J connectivity index is 2.42. The highest BCUT2D eigenvalue weighted by Crippen LogP contribution is 2.24. The van der Waals surface area contributed by atoms with Crippen LogP contribution in [0, 0.1) is 28.6 Å². The number of carbonyl (C=O) groups is 1. The highest BCUT2D eigenvalue weighted by atomic mass is 16.5. The molecule has 0 heterocycles. The fourth-order valence-electron chi connectivity index (χ4n) is 2.26. The summed E-state index contributed by atoms with van der Waals surface area (Å²) in [6.07, 6.45) is 3.75. The van der Waals surface area contributed by atoms with E-state index in [0.717, 1.165) is 32.3 Å². The molecule has 2 amide bonds. The molecule has 1 aliphatic carbocycles. The SMILES string of the molecule is COC[C@H]1CC[C@H](NC(=O)N/C(C#N)=C(\N)C#N)CC1.